The number of hydrogen-bond acceptors (Lipinski definition) is 6. The summed E-state index contributed by atoms with van der Waals surface area (Å²) in [6, 6.07) is 25.3. The van der Waals surface area contributed by atoms with Gasteiger partial charge in [0.05, 0.1) is 20.0 Å². The number of carbonyl (C=O) groups excluding carboxylic acids is 1. The van der Waals surface area contributed by atoms with Gasteiger partial charge in [-0.3, -0.25) is 9.36 Å². The van der Waals surface area contributed by atoms with Crippen LogP contribution in [0.5, 0.6) is 11.5 Å². The Labute approximate surface area is 196 Å². The Bertz CT molecular complexity index is 1210. The minimum atomic E-state index is -0.109. The van der Waals surface area contributed by atoms with Crippen LogP contribution in [-0.2, 0) is 11.3 Å². The molecule has 0 fully saturated rings. The van der Waals surface area contributed by atoms with Crippen LogP contribution in [0, 0.1) is 0 Å². The highest BCUT2D eigenvalue weighted by molar-refractivity contribution is 7.99. The Morgan fingerprint density at radius 3 is 2.36 bits per heavy atom. The molecule has 0 atom stereocenters. The first kappa shape index (κ1) is 22.4. The molecule has 0 bridgehead atoms. The van der Waals surface area contributed by atoms with E-state index in [4.69, 9.17) is 9.47 Å². The molecule has 0 aliphatic carbocycles. The van der Waals surface area contributed by atoms with Crippen molar-refractivity contribution in [3.8, 4) is 28.6 Å². The highest BCUT2D eigenvalue weighted by atomic mass is 32.2. The van der Waals surface area contributed by atoms with E-state index in [1.807, 2.05) is 77.4 Å². The van der Waals surface area contributed by atoms with Crippen molar-refractivity contribution in [2.75, 3.05) is 20.0 Å². The van der Waals surface area contributed by atoms with Crippen LogP contribution in [-0.4, -0.2) is 40.6 Å². The number of nitrogens with zero attached hydrogens (tertiary/aromatic N) is 3. The minimum Gasteiger partial charge on any atom is -0.497 e. The molecule has 33 heavy (non-hydrogen) atoms. The largest absolute Gasteiger partial charge is 0.497 e. The lowest BCUT2D eigenvalue weighted by molar-refractivity contribution is -0.118. The summed E-state index contributed by atoms with van der Waals surface area (Å²) < 4.78 is 12.6. The van der Waals surface area contributed by atoms with Crippen LogP contribution in [0.4, 0.5) is 0 Å². The third-order valence-electron chi connectivity index (χ3n) is 4.98. The van der Waals surface area contributed by atoms with Crippen molar-refractivity contribution in [1.82, 2.24) is 20.1 Å². The second kappa shape index (κ2) is 10.7. The maximum atomic E-state index is 12.6. The van der Waals surface area contributed by atoms with E-state index in [-0.39, 0.29) is 11.7 Å². The lowest BCUT2D eigenvalue weighted by Gasteiger charge is -2.12. The van der Waals surface area contributed by atoms with Crippen LogP contribution >= 0.6 is 11.8 Å². The van der Waals surface area contributed by atoms with Crippen LogP contribution < -0.4 is 14.8 Å². The fourth-order valence-electron chi connectivity index (χ4n) is 3.32. The fraction of sp³-hybridized carbons (Fsp3) is 0.160. The van der Waals surface area contributed by atoms with Crippen molar-refractivity contribution in [2.45, 2.75) is 11.7 Å². The summed E-state index contributed by atoms with van der Waals surface area (Å²) in [5, 5.41) is 12.4. The quantitative estimate of drug-likeness (QED) is 0.374. The van der Waals surface area contributed by atoms with Gasteiger partial charge in [0.25, 0.3) is 0 Å². The van der Waals surface area contributed by atoms with Gasteiger partial charge >= 0.3 is 0 Å². The molecule has 7 nitrogen and oxygen atoms in total. The van der Waals surface area contributed by atoms with E-state index in [9.17, 15) is 4.79 Å². The summed E-state index contributed by atoms with van der Waals surface area (Å²) in [5.74, 6) is 2.19. The number of rotatable bonds is 9. The number of thioether (sulfide) groups is 1. The van der Waals surface area contributed by atoms with Crippen molar-refractivity contribution in [3.05, 3.63) is 84.4 Å². The van der Waals surface area contributed by atoms with Crippen molar-refractivity contribution < 1.29 is 14.3 Å². The van der Waals surface area contributed by atoms with E-state index >= 15 is 0 Å². The highest BCUT2D eigenvalue weighted by Crippen LogP contribution is 2.28. The van der Waals surface area contributed by atoms with Crippen molar-refractivity contribution in [1.29, 1.82) is 0 Å². The lowest BCUT2D eigenvalue weighted by Crippen LogP contribution is -2.25. The fourth-order valence-corrected chi connectivity index (χ4v) is 4.10. The van der Waals surface area contributed by atoms with E-state index in [0.29, 0.717) is 23.2 Å². The Hall–Kier alpha value is -3.78. The Balaban J connectivity index is 1.47. The SMILES string of the molecule is COc1ccc(CNC(=O)CSc2nnc(-c3ccccc3)n2-c2ccccc2)c(OC)c1. The van der Waals surface area contributed by atoms with Crippen molar-refractivity contribution >= 4 is 17.7 Å². The zero-order chi connectivity index (χ0) is 23.0. The number of methoxy groups -OCH3 is 2. The number of amides is 1. The summed E-state index contributed by atoms with van der Waals surface area (Å²) in [4.78, 5) is 12.6. The molecule has 1 aromatic heterocycles. The second-order valence-electron chi connectivity index (χ2n) is 7.09. The molecule has 1 amide bonds. The zero-order valence-electron chi connectivity index (χ0n) is 18.4. The predicted molar refractivity (Wildman–Crippen MR) is 129 cm³/mol. The summed E-state index contributed by atoms with van der Waals surface area (Å²) in [7, 11) is 3.20. The minimum absolute atomic E-state index is 0.109. The molecule has 3 aromatic carbocycles. The number of hydrogen-bond donors (Lipinski definition) is 1. The van der Waals surface area contributed by atoms with Crippen LogP contribution in [0.15, 0.2) is 84.0 Å². The molecule has 0 spiro atoms. The monoisotopic (exact) mass is 460 g/mol. The standard InChI is InChI=1S/C25H24N4O3S/c1-31-21-14-13-19(22(15-21)32-2)16-26-23(30)17-33-25-28-27-24(18-9-5-3-6-10-18)29(25)20-11-7-4-8-12-20/h3-15H,16-17H2,1-2H3,(H,26,30). The van der Waals surface area contributed by atoms with Gasteiger partial charge in [-0.1, -0.05) is 60.3 Å². The second-order valence-corrected chi connectivity index (χ2v) is 8.03. The molecule has 0 aliphatic heterocycles. The molecule has 0 radical (unpaired) electrons. The molecule has 8 heteroatoms. The van der Waals surface area contributed by atoms with Crippen LogP contribution in [0.2, 0.25) is 0 Å². The van der Waals surface area contributed by atoms with E-state index in [1.165, 1.54) is 11.8 Å². The van der Waals surface area contributed by atoms with Gasteiger partial charge in [0.2, 0.25) is 5.91 Å². The van der Waals surface area contributed by atoms with Gasteiger partial charge < -0.3 is 14.8 Å². The van der Waals surface area contributed by atoms with Gasteiger partial charge in [-0.2, -0.15) is 0 Å². The zero-order valence-corrected chi connectivity index (χ0v) is 19.2. The first-order valence-corrected chi connectivity index (χ1v) is 11.3. The molecule has 0 aliphatic rings. The van der Waals surface area contributed by atoms with E-state index in [0.717, 1.165) is 22.6 Å². The average molecular weight is 461 g/mol. The van der Waals surface area contributed by atoms with Gasteiger partial charge in [0.15, 0.2) is 11.0 Å². The molecule has 0 saturated heterocycles. The van der Waals surface area contributed by atoms with Crippen molar-refractivity contribution in [2.24, 2.45) is 0 Å². The third kappa shape index (κ3) is 5.35. The van der Waals surface area contributed by atoms with Gasteiger partial charge in [-0.15, -0.1) is 10.2 Å². The molecule has 1 heterocycles. The topological polar surface area (TPSA) is 78.3 Å². The number of aromatic nitrogens is 3. The maximum absolute atomic E-state index is 12.6. The molecule has 4 rings (SSSR count). The van der Waals surface area contributed by atoms with Crippen LogP contribution in [0.3, 0.4) is 0 Å². The normalized spacial score (nSPS) is 10.6. The van der Waals surface area contributed by atoms with E-state index in [2.05, 4.69) is 15.5 Å². The van der Waals surface area contributed by atoms with Gasteiger partial charge in [0, 0.05) is 29.4 Å². The molecule has 4 aromatic rings. The molecule has 0 saturated carbocycles. The van der Waals surface area contributed by atoms with E-state index in [1.54, 1.807) is 20.3 Å². The number of para-hydroxylation sites is 1. The van der Waals surface area contributed by atoms with Crippen molar-refractivity contribution in [3.63, 3.8) is 0 Å². The first-order chi connectivity index (χ1) is 16.2. The third-order valence-corrected chi connectivity index (χ3v) is 5.91. The molecular formula is C25H24N4O3S. The Kier molecular flexibility index (Phi) is 7.26. The number of nitrogens with one attached hydrogen (secondary N) is 1. The van der Waals surface area contributed by atoms with E-state index < -0.39 is 0 Å². The summed E-state index contributed by atoms with van der Waals surface area (Å²) in [6.45, 7) is 0.354. The van der Waals surface area contributed by atoms with Crippen LogP contribution in [0.1, 0.15) is 5.56 Å². The Morgan fingerprint density at radius 2 is 1.67 bits per heavy atom. The predicted octanol–water partition coefficient (Wildman–Crippen LogP) is 4.36. The molecule has 0 unspecified atom stereocenters. The smallest absolute Gasteiger partial charge is 0.230 e. The van der Waals surface area contributed by atoms with Gasteiger partial charge in [0.1, 0.15) is 11.5 Å². The molecule has 168 valence electrons. The first-order valence-electron chi connectivity index (χ1n) is 10.4. The number of benzene rings is 3. The summed E-state index contributed by atoms with van der Waals surface area (Å²) in [5.41, 5.74) is 2.76. The summed E-state index contributed by atoms with van der Waals surface area (Å²) >= 11 is 1.34. The average Bonchev–Trinajstić information content (AvgIpc) is 3.31. The number of carbonyl (C=O) groups is 1. The number of ether oxygens (including phenoxy) is 2. The van der Waals surface area contributed by atoms with Gasteiger partial charge in [-0.25, -0.2) is 0 Å². The maximum Gasteiger partial charge on any atom is 0.230 e. The van der Waals surface area contributed by atoms with Gasteiger partial charge in [-0.05, 0) is 24.3 Å². The Morgan fingerprint density at radius 1 is 0.939 bits per heavy atom. The highest BCUT2D eigenvalue weighted by Gasteiger charge is 2.17. The van der Waals surface area contributed by atoms with Crippen LogP contribution in [0.25, 0.3) is 17.1 Å². The summed E-state index contributed by atoms with van der Waals surface area (Å²) in [6.07, 6.45) is 0. The lowest BCUT2D eigenvalue weighted by atomic mass is 10.2. The molecule has 1 N–H and O–H groups in total. The molecular weight excluding hydrogens is 436 g/mol.